The zero-order valence-corrected chi connectivity index (χ0v) is 16.0. The summed E-state index contributed by atoms with van der Waals surface area (Å²) in [5, 5.41) is 13.3. The Kier molecular flexibility index (Phi) is 5.18. The standard InChI is InChI=1S/C23H22N2O4/c1-25-12-11-18(26)22(29-14-15-7-3-2-4-8-15)21(25)23(28)24-20-17-10-6-5-9-16(17)13-19(20)27/h2-12,19-20,27H,13-14H2,1H3,(H,24,28)/t19-,20+/m0/s1. The second kappa shape index (κ2) is 7.93. The number of nitrogens with one attached hydrogen (secondary N) is 1. The zero-order chi connectivity index (χ0) is 20.4. The number of aromatic nitrogens is 1. The van der Waals surface area contributed by atoms with E-state index in [1.165, 1.54) is 12.3 Å². The van der Waals surface area contributed by atoms with Crippen molar-refractivity contribution in [2.45, 2.75) is 25.2 Å². The summed E-state index contributed by atoms with van der Waals surface area (Å²) in [5.41, 5.74) is 2.56. The molecule has 0 unspecified atom stereocenters. The summed E-state index contributed by atoms with van der Waals surface area (Å²) in [5.74, 6) is -0.467. The Balaban J connectivity index is 1.61. The molecular formula is C23H22N2O4. The Labute approximate surface area is 168 Å². The van der Waals surface area contributed by atoms with Gasteiger partial charge in [0.25, 0.3) is 5.91 Å². The fourth-order valence-electron chi connectivity index (χ4n) is 3.70. The van der Waals surface area contributed by atoms with Crippen LogP contribution >= 0.6 is 0 Å². The Morgan fingerprint density at radius 3 is 2.66 bits per heavy atom. The SMILES string of the molecule is Cn1ccc(=O)c(OCc2ccccc2)c1C(=O)N[C@@H]1c2ccccc2C[C@@H]1O. The topological polar surface area (TPSA) is 80.6 Å². The number of aliphatic hydroxyl groups is 1. The summed E-state index contributed by atoms with van der Waals surface area (Å²) in [6, 6.07) is 17.9. The minimum Gasteiger partial charge on any atom is -0.483 e. The molecule has 2 N–H and O–H groups in total. The van der Waals surface area contributed by atoms with Crippen molar-refractivity contribution >= 4 is 5.91 Å². The largest absolute Gasteiger partial charge is 0.483 e. The Hall–Kier alpha value is -3.38. The van der Waals surface area contributed by atoms with Gasteiger partial charge in [-0.15, -0.1) is 0 Å². The number of benzene rings is 2. The number of ether oxygens (including phenoxy) is 1. The average molecular weight is 390 g/mol. The highest BCUT2D eigenvalue weighted by molar-refractivity contribution is 5.95. The van der Waals surface area contributed by atoms with Crippen molar-refractivity contribution in [3.05, 3.63) is 99.5 Å². The number of carbonyl (C=O) groups excluding carboxylic acids is 1. The van der Waals surface area contributed by atoms with Crippen LogP contribution in [0.3, 0.4) is 0 Å². The van der Waals surface area contributed by atoms with Crippen molar-refractivity contribution < 1.29 is 14.6 Å². The molecule has 2 aromatic carbocycles. The molecule has 1 aliphatic rings. The number of aryl methyl sites for hydroxylation is 1. The molecule has 3 aromatic rings. The maximum absolute atomic E-state index is 13.1. The van der Waals surface area contributed by atoms with Gasteiger partial charge in [-0.05, 0) is 16.7 Å². The lowest BCUT2D eigenvalue weighted by Crippen LogP contribution is -2.36. The predicted molar refractivity (Wildman–Crippen MR) is 109 cm³/mol. The molecule has 148 valence electrons. The van der Waals surface area contributed by atoms with E-state index in [0.29, 0.717) is 6.42 Å². The third-order valence-electron chi connectivity index (χ3n) is 5.17. The smallest absolute Gasteiger partial charge is 0.272 e. The van der Waals surface area contributed by atoms with Crippen molar-refractivity contribution in [3.8, 4) is 5.75 Å². The molecule has 2 atom stereocenters. The molecule has 4 rings (SSSR count). The molecule has 0 saturated heterocycles. The van der Waals surface area contributed by atoms with E-state index in [9.17, 15) is 14.7 Å². The summed E-state index contributed by atoms with van der Waals surface area (Å²) in [7, 11) is 1.68. The van der Waals surface area contributed by atoms with E-state index in [1.54, 1.807) is 11.6 Å². The number of rotatable bonds is 5. The fourth-order valence-corrected chi connectivity index (χ4v) is 3.70. The Morgan fingerprint density at radius 2 is 1.86 bits per heavy atom. The summed E-state index contributed by atoms with van der Waals surface area (Å²) in [6.45, 7) is 0.176. The highest BCUT2D eigenvalue weighted by Crippen LogP contribution is 2.31. The Morgan fingerprint density at radius 1 is 1.14 bits per heavy atom. The first-order chi connectivity index (χ1) is 14.0. The molecule has 1 aliphatic carbocycles. The van der Waals surface area contributed by atoms with Gasteiger partial charge in [0.15, 0.2) is 11.4 Å². The highest BCUT2D eigenvalue weighted by atomic mass is 16.5. The molecule has 0 saturated carbocycles. The summed E-state index contributed by atoms with van der Waals surface area (Å²) >= 11 is 0. The third-order valence-corrected chi connectivity index (χ3v) is 5.17. The molecule has 0 spiro atoms. The summed E-state index contributed by atoms with van der Waals surface area (Å²) < 4.78 is 7.32. The van der Waals surface area contributed by atoms with E-state index in [2.05, 4.69) is 5.32 Å². The lowest BCUT2D eigenvalue weighted by molar-refractivity contribution is 0.0844. The zero-order valence-electron chi connectivity index (χ0n) is 16.0. The quantitative estimate of drug-likeness (QED) is 0.701. The van der Waals surface area contributed by atoms with Gasteiger partial charge in [-0.1, -0.05) is 54.6 Å². The molecule has 0 aliphatic heterocycles. The van der Waals surface area contributed by atoms with E-state index in [1.807, 2.05) is 54.6 Å². The summed E-state index contributed by atoms with van der Waals surface area (Å²) in [6.07, 6.45) is 1.29. The van der Waals surface area contributed by atoms with Crippen molar-refractivity contribution in [2.24, 2.45) is 7.05 Å². The van der Waals surface area contributed by atoms with Gasteiger partial charge in [-0.2, -0.15) is 0 Å². The van der Waals surface area contributed by atoms with E-state index in [-0.39, 0.29) is 23.5 Å². The van der Waals surface area contributed by atoms with Crippen LogP contribution in [0.4, 0.5) is 0 Å². The lowest BCUT2D eigenvalue weighted by atomic mass is 10.1. The number of fused-ring (bicyclic) bond motifs is 1. The molecule has 0 bridgehead atoms. The lowest BCUT2D eigenvalue weighted by Gasteiger charge is -2.20. The number of hydrogen-bond donors (Lipinski definition) is 2. The molecule has 6 nitrogen and oxygen atoms in total. The minimum absolute atomic E-state index is 0.00266. The number of amides is 1. The van der Waals surface area contributed by atoms with Gasteiger partial charge in [0.05, 0.1) is 12.1 Å². The van der Waals surface area contributed by atoms with Crippen LogP contribution in [-0.2, 0) is 20.1 Å². The molecule has 1 amide bonds. The maximum atomic E-state index is 13.1. The second-order valence-electron chi connectivity index (χ2n) is 7.16. The number of hydrogen-bond acceptors (Lipinski definition) is 4. The van der Waals surface area contributed by atoms with Gasteiger partial charge < -0.3 is 19.7 Å². The van der Waals surface area contributed by atoms with Crippen molar-refractivity contribution in [1.29, 1.82) is 0 Å². The summed E-state index contributed by atoms with van der Waals surface area (Å²) in [4.78, 5) is 25.5. The van der Waals surface area contributed by atoms with Gasteiger partial charge in [0, 0.05) is 25.7 Å². The number of aliphatic hydroxyl groups excluding tert-OH is 1. The van der Waals surface area contributed by atoms with Crippen LogP contribution in [0.5, 0.6) is 5.75 Å². The van der Waals surface area contributed by atoms with Crippen LogP contribution < -0.4 is 15.5 Å². The normalized spacial score (nSPS) is 17.6. The number of nitrogens with zero attached hydrogens (tertiary/aromatic N) is 1. The van der Waals surface area contributed by atoms with Crippen LogP contribution in [0.2, 0.25) is 0 Å². The van der Waals surface area contributed by atoms with Crippen molar-refractivity contribution in [3.63, 3.8) is 0 Å². The van der Waals surface area contributed by atoms with Gasteiger partial charge in [-0.3, -0.25) is 9.59 Å². The minimum atomic E-state index is -0.717. The molecule has 0 radical (unpaired) electrons. The molecular weight excluding hydrogens is 368 g/mol. The first-order valence-electron chi connectivity index (χ1n) is 9.47. The fraction of sp³-hybridized carbons (Fsp3) is 0.217. The second-order valence-corrected chi connectivity index (χ2v) is 7.16. The first-order valence-corrected chi connectivity index (χ1v) is 9.47. The molecule has 0 fully saturated rings. The third kappa shape index (κ3) is 3.79. The molecule has 1 heterocycles. The van der Waals surface area contributed by atoms with Crippen LogP contribution in [0.15, 0.2) is 71.7 Å². The van der Waals surface area contributed by atoms with Crippen LogP contribution in [0.25, 0.3) is 0 Å². The van der Waals surface area contributed by atoms with Gasteiger partial charge in [0.1, 0.15) is 6.61 Å². The number of carbonyl (C=O) groups is 1. The predicted octanol–water partition coefficient (Wildman–Crippen LogP) is 2.35. The molecule has 6 heteroatoms. The Bertz CT molecular complexity index is 1090. The highest BCUT2D eigenvalue weighted by Gasteiger charge is 2.33. The number of pyridine rings is 1. The molecule has 1 aromatic heterocycles. The van der Waals surface area contributed by atoms with Crippen LogP contribution in [-0.4, -0.2) is 21.7 Å². The van der Waals surface area contributed by atoms with E-state index < -0.39 is 18.1 Å². The molecule has 29 heavy (non-hydrogen) atoms. The average Bonchev–Trinajstić information content (AvgIpc) is 3.04. The van der Waals surface area contributed by atoms with Crippen molar-refractivity contribution in [1.82, 2.24) is 9.88 Å². The van der Waals surface area contributed by atoms with Crippen LogP contribution in [0.1, 0.15) is 33.2 Å². The van der Waals surface area contributed by atoms with Gasteiger partial charge in [-0.25, -0.2) is 0 Å². The van der Waals surface area contributed by atoms with E-state index >= 15 is 0 Å². The van der Waals surface area contributed by atoms with Crippen molar-refractivity contribution in [2.75, 3.05) is 0 Å². The maximum Gasteiger partial charge on any atom is 0.272 e. The van der Waals surface area contributed by atoms with E-state index in [4.69, 9.17) is 4.74 Å². The monoisotopic (exact) mass is 390 g/mol. The van der Waals surface area contributed by atoms with Gasteiger partial charge >= 0.3 is 0 Å². The van der Waals surface area contributed by atoms with E-state index in [0.717, 1.165) is 16.7 Å². The van der Waals surface area contributed by atoms with Crippen LogP contribution in [0, 0.1) is 0 Å². The first kappa shape index (κ1) is 19.0. The van der Waals surface area contributed by atoms with Gasteiger partial charge in [0.2, 0.25) is 5.43 Å².